The van der Waals surface area contributed by atoms with Crippen LogP contribution in [0.15, 0.2) is 29.8 Å². The molecule has 3 heteroatoms. The van der Waals surface area contributed by atoms with E-state index in [-0.39, 0.29) is 0 Å². The zero-order valence-corrected chi connectivity index (χ0v) is 11.0. The molecular formula is C14H14N2S. The number of rotatable bonds is 1. The number of aromatic nitrogens is 2. The predicted octanol–water partition coefficient (Wildman–Crippen LogP) is 3.99. The van der Waals surface area contributed by atoms with Crippen molar-refractivity contribution >= 4 is 16.3 Å². The summed E-state index contributed by atoms with van der Waals surface area (Å²) in [7, 11) is 0. The van der Waals surface area contributed by atoms with Crippen LogP contribution in [0.25, 0.3) is 16.2 Å². The summed E-state index contributed by atoms with van der Waals surface area (Å²) < 4.78 is 2.15. The molecule has 0 unspecified atom stereocenters. The SMILES string of the molecule is Cc1cc(C)cc(-c2cn3c(C)csc3n2)c1. The van der Waals surface area contributed by atoms with Crippen molar-refractivity contribution in [3.05, 3.63) is 46.6 Å². The molecule has 0 atom stereocenters. The van der Waals surface area contributed by atoms with E-state index in [1.54, 1.807) is 11.3 Å². The van der Waals surface area contributed by atoms with Crippen LogP contribution in [0.1, 0.15) is 16.8 Å². The molecule has 3 aromatic rings. The molecule has 0 amide bonds. The van der Waals surface area contributed by atoms with Gasteiger partial charge in [0.05, 0.1) is 5.69 Å². The second-order valence-electron chi connectivity index (χ2n) is 4.53. The van der Waals surface area contributed by atoms with Crippen LogP contribution >= 0.6 is 11.3 Å². The fourth-order valence-electron chi connectivity index (χ4n) is 2.16. The predicted molar refractivity (Wildman–Crippen MR) is 72.7 cm³/mol. The number of aryl methyl sites for hydroxylation is 3. The summed E-state index contributed by atoms with van der Waals surface area (Å²) in [5.74, 6) is 0. The van der Waals surface area contributed by atoms with E-state index < -0.39 is 0 Å². The minimum Gasteiger partial charge on any atom is -0.294 e. The third kappa shape index (κ3) is 1.76. The Balaban J connectivity index is 2.19. The Morgan fingerprint density at radius 3 is 2.41 bits per heavy atom. The second-order valence-corrected chi connectivity index (χ2v) is 5.37. The van der Waals surface area contributed by atoms with Crippen LogP contribution in [-0.4, -0.2) is 9.38 Å². The molecule has 2 heterocycles. The lowest BCUT2D eigenvalue weighted by Gasteiger charge is -2.01. The van der Waals surface area contributed by atoms with Crippen LogP contribution in [0.2, 0.25) is 0 Å². The first-order valence-corrected chi connectivity index (χ1v) is 6.53. The lowest BCUT2D eigenvalue weighted by Crippen LogP contribution is -1.83. The van der Waals surface area contributed by atoms with Gasteiger partial charge in [0.2, 0.25) is 0 Å². The zero-order valence-electron chi connectivity index (χ0n) is 10.2. The maximum Gasteiger partial charge on any atom is 0.194 e. The van der Waals surface area contributed by atoms with Crippen LogP contribution in [0.4, 0.5) is 0 Å². The summed E-state index contributed by atoms with van der Waals surface area (Å²) in [6.45, 7) is 6.36. The van der Waals surface area contributed by atoms with Gasteiger partial charge in [-0.1, -0.05) is 17.2 Å². The van der Waals surface area contributed by atoms with Crippen molar-refractivity contribution in [2.45, 2.75) is 20.8 Å². The molecule has 17 heavy (non-hydrogen) atoms. The van der Waals surface area contributed by atoms with E-state index in [2.05, 4.69) is 59.9 Å². The fraction of sp³-hybridized carbons (Fsp3) is 0.214. The van der Waals surface area contributed by atoms with E-state index in [0.29, 0.717) is 0 Å². The second kappa shape index (κ2) is 3.70. The number of hydrogen-bond acceptors (Lipinski definition) is 2. The number of benzene rings is 1. The summed E-state index contributed by atoms with van der Waals surface area (Å²) in [6, 6.07) is 6.57. The molecule has 0 aliphatic heterocycles. The molecule has 0 bridgehead atoms. The molecule has 0 fully saturated rings. The van der Waals surface area contributed by atoms with E-state index in [9.17, 15) is 0 Å². The smallest absolute Gasteiger partial charge is 0.194 e. The van der Waals surface area contributed by atoms with Crippen molar-refractivity contribution in [2.24, 2.45) is 0 Å². The normalized spacial score (nSPS) is 11.2. The Morgan fingerprint density at radius 2 is 1.76 bits per heavy atom. The van der Waals surface area contributed by atoms with E-state index in [0.717, 1.165) is 10.7 Å². The summed E-state index contributed by atoms with van der Waals surface area (Å²) in [5.41, 5.74) is 6.08. The van der Waals surface area contributed by atoms with Gasteiger partial charge in [0.15, 0.2) is 4.96 Å². The fourth-order valence-corrected chi connectivity index (χ4v) is 3.01. The highest BCUT2D eigenvalue weighted by Crippen LogP contribution is 2.24. The average Bonchev–Trinajstić information content (AvgIpc) is 2.80. The summed E-state index contributed by atoms with van der Waals surface area (Å²) in [4.78, 5) is 5.73. The third-order valence-corrected chi connectivity index (χ3v) is 3.86. The van der Waals surface area contributed by atoms with Crippen molar-refractivity contribution in [3.63, 3.8) is 0 Å². The Labute approximate surface area is 105 Å². The van der Waals surface area contributed by atoms with Crippen LogP contribution in [0.3, 0.4) is 0 Å². The van der Waals surface area contributed by atoms with Crippen molar-refractivity contribution in [2.75, 3.05) is 0 Å². The number of hydrogen-bond donors (Lipinski definition) is 0. The Morgan fingerprint density at radius 1 is 1.06 bits per heavy atom. The first-order valence-electron chi connectivity index (χ1n) is 5.65. The first kappa shape index (κ1) is 10.5. The first-order chi connectivity index (χ1) is 8.13. The topological polar surface area (TPSA) is 17.3 Å². The van der Waals surface area contributed by atoms with Gasteiger partial charge in [-0.2, -0.15) is 0 Å². The van der Waals surface area contributed by atoms with Gasteiger partial charge >= 0.3 is 0 Å². The molecule has 2 aromatic heterocycles. The molecule has 0 spiro atoms. The zero-order chi connectivity index (χ0) is 12.0. The van der Waals surface area contributed by atoms with Crippen LogP contribution in [-0.2, 0) is 0 Å². The van der Waals surface area contributed by atoms with E-state index in [1.807, 2.05) is 0 Å². The van der Waals surface area contributed by atoms with E-state index in [4.69, 9.17) is 0 Å². The Kier molecular flexibility index (Phi) is 2.30. The highest BCUT2D eigenvalue weighted by Gasteiger charge is 2.07. The highest BCUT2D eigenvalue weighted by molar-refractivity contribution is 7.15. The number of imidazole rings is 1. The lowest BCUT2D eigenvalue weighted by atomic mass is 10.1. The minimum absolute atomic E-state index is 1.06. The van der Waals surface area contributed by atoms with Crippen molar-refractivity contribution in [3.8, 4) is 11.3 Å². The third-order valence-electron chi connectivity index (χ3n) is 2.91. The van der Waals surface area contributed by atoms with Gasteiger partial charge in [-0.25, -0.2) is 4.98 Å². The van der Waals surface area contributed by atoms with Crippen molar-refractivity contribution in [1.82, 2.24) is 9.38 Å². The lowest BCUT2D eigenvalue weighted by molar-refractivity contribution is 1.13. The standard InChI is InChI=1S/C14H14N2S/c1-9-4-10(2)6-12(5-9)13-7-16-11(3)8-17-14(16)15-13/h4-8H,1-3H3. The summed E-state index contributed by atoms with van der Waals surface area (Å²) >= 11 is 1.69. The molecule has 0 aliphatic carbocycles. The molecular weight excluding hydrogens is 228 g/mol. The van der Waals surface area contributed by atoms with Crippen LogP contribution in [0.5, 0.6) is 0 Å². The van der Waals surface area contributed by atoms with Gasteiger partial charge in [-0.05, 0) is 32.9 Å². The Hall–Kier alpha value is -1.61. The van der Waals surface area contributed by atoms with Gasteiger partial charge in [0.25, 0.3) is 0 Å². The average molecular weight is 242 g/mol. The van der Waals surface area contributed by atoms with Gasteiger partial charge in [0, 0.05) is 22.8 Å². The van der Waals surface area contributed by atoms with Crippen molar-refractivity contribution in [1.29, 1.82) is 0 Å². The molecule has 3 rings (SSSR count). The molecule has 0 saturated carbocycles. The van der Waals surface area contributed by atoms with Gasteiger partial charge < -0.3 is 0 Å². The number of thiazole rings is 1. The molecule has 0 aliphatic rings. The molecule has 0 radical (unpaired) electrons. The van der Waals surface area contributed by atoms with E-state index >= 15 is 0 Å². The molecule has 86 valence electrons. The highest BCUT2D eigenvalue weighted by atomic mass is 32.1. The molecule has 0 N–H and O–H groups in total. The Bertz CT molecular complexity index is 671. The number of fused-ring (bicyclic) bond motifs is 1. The van der Waals surface area contributed by atoms with Crippen LogP contribution in [0, 0.1) is 20.8 Å². The van der Waals surface area contributed by atoms with Gasteiger partial charge in [-0.3, -0.25) is 4.40 Å². The largest absolute Gasteiger partial charge is 0.294 e. The van der Waals surface area contributed by atoms with Gasteiger partial charge in [0.1, 0.15) is 0 Å². The van der Waals surface area contributed by atoms with Crippen LogP contribution < -0.4 is 0 Å². The maximum absolute atomic E-state index is 4.67. The molecule has 1 aromatic carbocycles. The minimum atomic E-state index is 1.06. The van der Waals surface area contributed by atoms with Gasteiger partial charge in [-0.15, -0.1) is 11.3 Å². The molecule has 0 saturated heterocycles. The number of nitrogens with zero attached hydrogens (tertiary/aromatic N) is 2. The quantitative estimate of drug-likeness (QED) is 0.630. The maximum atomic E-state index is 4.67. The molecule has 2 nitrogen and oxygen atoms in total. The van der Waals surface area contributed by atoms with E-state index in [1.165, 1.54) is 22.4 Å². The monoisotopic (exact) mass is 242 g/mol. The van der Waals surface area contributed by atoms with Crippen molar-refractivity contribution < 1.29 is 0 Å². The summed E-state index contributed by atoms with van der Waals surface area (Å²) in [6.07, 6.45) is 2.12. The summed E-state index contributed by atoms with van der Waals surface area (Å²) in [5, 5.41) is 2.13.